The Labute approximate surface area is 121 Å². The second-order valence-corrected chi connectivity index (χ2v) is 5.43. The number of hydrogen-bond donors (Lipinski definition) is 1. The van der Waals surface area contributed by atoms with Gasteiger partial charge in [0, 0.05) is 21.7 Å². The van der Waals surface area contributed by atoms with Crippen molar-refractivity contribution < 1.29 is 0 Å². The number of aryl methyl sites for hydroxylation is 1. The van der Waals surface area contributed by atoms with Gasteiger partial charge in [-0.1, -0.05) is 41.9 Å². The van der Waals surface area contributed by atoms with E-state index in [9.17, 15) is 0 Å². The van der Waals surface area contributed by atoms with Gasteiger partial charge in [0.1, 0.15) is 0 Å². The molecule has 0 radical (unpaired) electrons. The minimum absolute atomic E-state index is 0.747. The van der Waals surface area contributed by atoms with Crippen LogP contribution < -0.4 is 5.32 Å². The molecule has 2 rings (SSSR count). The number of nitrogens with one attached hydrogen (secondary N) is 1. The van der Waals surface area contributed by atoms with Gasteiger partial charge in [-0.2, -0.15) is 0 Å². The molecule has 0 unspecified atom stereocenters. The van der Waals surface area contributed by atoms with E-state index < -0.39 is 0 Å². The van der Waals surface area contributed by atoms with Crippen molar-refractivity contribution in [2.75, 3.05) is 11.9 Å². The monoisotopic (exact) mass is 323 g/mol. The van der Waals surface area contributed by atoms with E-state index in [-0.39, 0.29) is 0 Å². The Morgan fingerprint density at radius 2 is 1.83 bits per heavy atom. The molecule has 0 bridgehead atoms. The molecule has 2 aromatic rings. The summed E-state index contributed by atoms with van der Waals surface area (Å²) < 4.78 is 1.01. The lowest BCUT2D eigenvalue weighted by atomic mass is 10.1. The van der Waals surface area contributed by atoms with E-state index in [1.54, 1.807) is 0 Å². The van der Waals surface area contributed by atoms with E-state index in [1.807, 2.05) is 24.3 Å². The molecule has 2 aromatic carbocycles. The predicted octanol–water partition coefficient (Wildman–Crippen LogP) is 5.15. The topological polar surface area (TPSA) is 12.0 Å². The summed E-state index contributed by atoms with van der Waals surface area (Å²) in [5.41, 5.74) is 2.47. The molecular formula is C15H15BrClN. The number of benzene rings is 2. The lowest BCUT2D eigenvalue weighted by Gasteiger charge is -2.08. The third-order valence-electron chi connectivity index (χ3n) is 2.73. The summed E-state index contributed by atoms with van der Waals surface area (Å²) in [6, 6.07) is 16.3. The molecule has 0 aliphatic carbocycles. The Kier molecular flexibility index (Phi) is 5.09. The van der Waals surface area contributed by atoms with Crippen molar-refractivity contribution in [2.45, 2.75) is 12.8 Å². The lowest BCUT2D eigenvalue weighted by Crippen LogP contribution is -2.03. The standard InChI is InChI=1S/C15H15BrClN/c16-14-11-13(17)8-9-15(14)18-10-4-7-12-5-2-1-3-6-12/h1-3,5-6,8-9,11,18H,4,7,10H2. The number of halogens is 2. The van der Waals surface area contributed by atoms with Crippen LogP contribution in [0.25, 0.3) is 0 Å². The number of anilines is 1. The van der Waals surface area contributed by atoms with E-state index in [2.05, 4.69) is 45.5 Å². The number of hydrogen-bond acceptors (Lipinski definition) is 1. The van der Waals surface area contributed by atoms with E-state index in [4.69, 9.17) is 11.6 Å². The lowest BCUT2D eigenvalue weighted by molar-refractivity contribution is 0.862. The minimum atomic E-state index is 0.747. The van der Waals surface area contributed by atoms with Crippen molar-refractivity contribution in [1.82, 2.24) is 0 Å². The molecule has 1 nitrogen and oxygen atoms in total. The Bertz CT molecular complexity index is 499. The largest absolute Gasteiger partial charge is 0.384 e. The van der Waals surface area contributed by atoms with E-state index >= 15 is 0 Å². The highest BCUT2D eigenvalue weighted by atomic mass is 79.9. The highest BCUT2D eigenvalue weighted by Crippen LogP contribution is 2.25. The first-order valence-corrected chi connectivity index (χ1v) is 7.15. The van der Waals surface area contributed by atoms with Gasteiger partial charge in [-0.15, -0.1) is 0 Å². The van der Waals surface area contributed by atoms with Crippen LogP contribution in [0, 0.1) is 0 Å². The molecule has 0 saturated heterocycles. The quantitative estimate of drug-likeness (QED) is 0.750. The predicted molar refractivity (Wildman–Crippen MR) is 82.4 cm³/mol. The van der Waals surface area contributed by atoms with E-state index in [1.165, 1.54) is 5.56 Å². The molecular weight excluding hydrogens is 310 g/mol. The Morgan fingerprint density at radius 1 is 1.06 bits per heavy atom. The van der Waals surface area contributed by atoms with Crippen molar-refractivity contribution in [3.05, 3.63) is 63.6 Å². The van der Waals surface area contributed by atoms with Gasteiger partial charge in [-0.05, 0) is 52.5 Å². The Hall–Kier alpha value is -0.990. The first kappa shape index (κ1) is 13.4. The molecule has 3 heteroatoms. The van der Waals surface area contributed by atoms with Gasteiger partial charge in [-0.25, -0.2) is 0 Å². The SMILES string of the molecule is Clc1ccc(NCCCc2ccccc2)c(Br)c1. The van der Waals surface area contributed by atoms with Crippen LogP contribution in [0.5, 0.6) is 0 Å². The van der Waals surface area contributed by atoms with Crippen LogP contribution in [0.4, 0.5) is 5.69 Å². The average Bonchev–Trinajstić information content (AvgIpc) is 2.38. The van der Waals surface area contributed by atoms with Crippen LogP contribution in [-0.2, 0) is 6.42 Å². The summed E-state index contributed by atoms with van der Waals surface area (Å²) >= 11 is 9.40. The maximum atomic E-state index is 5.90. The van der Waals surface area contributed by atoms with Gasteiger partial charge < -0.3 is 5.32 Å². The molecule has 0 amide bonds. The summed E-state index contributed by atoms with van der Waals surface area (Å²) in [5.74, 6) is 0. The van der Waals surface area contributed by atoms with Crippen LogP contribution in [-0.4, -0.2) is 6.54 Å². The van der Waals surface area contributed by atoms with Crippen LogP contribution in [0.15, 0.2) is 53.0 Å². The normalized spacial score (nSPS) is 10.3. The maximum absolute atomic E-state index is 5.90. The van der Waals surface area contributed by atoms with Crippen molar-refractivity contribution in [1.29, 1.82) is 0 Å². The fourth-order valence-electron chi connectivity index (χ4n) is 1.79. The van der Waals surface area contributed by atoms with Crippen LogP contribution in [0.1, 0.15) is 12.0 Å². The fraction of sp³-hybridized carbons (Fsp3) is 0.200. The smallest absolute Gasteiger partial charge is 0.0485 e. The van der Waals surface area contributed by atoms with Crippen molar-refractivity contribution in [3.8, 4) is 0 Å². The van der Waals surface area contributed by atoms with Crippen molar-refractivity contribution >= 4 is 33.2 Å². The minimum Gasteiger partial charge on any atom is -0.384 e. The average molecular weight is 325 g/mol. The molecule has 94 valence electrons. The third-order valence-corrected chi connectivity index (χ3v) is 3.62. The van der Waals surface area contributed by atoms with Gasteiger partial charge in [0.25, 0.3) is 0 Å². The van der Waals surface area contributed by atoms with E-state index in [0.29, 0.717) is 0 Å². The summed E-state index contributed by atoms with van der Waals surface area (Å²) in [5, 5.41) is 4.15. The van der Waals surface area contributed by atoms with Crippen LogP contribution >= 0.6 is 27.5 Å². The van der Waals surface area contributed by atoms with Crippen molar-refractivity contribution in [2.24, 2.45) is 0 Å². The van der Waals surface area contributed by atoms with Gasteiger partial charge in [-0.3, -0.25) is 0 Å². The molecule has 0 aliphatic heterocycles. The second-order valence-electron chi connectivity index (χ2n) is 4.14. The first-order valence-electron chi connectivity index (χ1n) is 5.98. The second kappa shape index (κ2) is 6.81. The third kappa shape index (κ3) is 4.04. The summed E-state index contributed by atoms with van der Waals surface area (Å²) in [4.78, 5) is 0. The summed E-state index contributed by atoms with van der Waals surface area (Å²) in [6.07, 6.45) is 2.21. The van der Waals surface area contributed by atoms with Crippen LogP contribution in [0.3, 0.4) is 0 Å². The molecule has 0 atom stereocenters. The molecule has 18 heavy (non-hydrogen) atoms. The molecule has 0 heterocycles. The molecule has 1 N–H and O–H groups in total. The van der Waals surface area contributed by atoms with Crippen LogP contribution in [0.2, 0.25) is 5.02 Å². The van der Waals surface area contributed by atoms with Crippen molar-refractivity contribution in [3.63, 3.8) is 0 Å². The first-order chi connectivity index (χ1) is 8.75. The zero-order chi connectivity index (χ0) is 12.8. The molecule has 0 saturated carbocycles. The molecule has 0 aromatic heterocycles. The summed E-state index contributed by atoms with van der Waals surface area (Å²) in [7, 11) is 0. The van der Waals surface area contributed by atoms with E-state index in [0.717, 1.165) is 34.6 Å². The molecule has 0 aliphatic rings. The fourth-order valence-corrected chi connectivity index (χ4v) is 2.62. The van der Waals surface area contributed by atoms with Gasteiger partial charge in [0.15, 0.2) is 0 Å². The zero-order valence-electron chi connectivity index (χ0n) is 10.00. The van der Waals surface area contributed by atoms with Gasteiger partial charge >= 0.3 is 0 Å². The number of rotatable bonds is 5. The Morgan fingerprint density at radius 3 is 2.56 bits per heavy atom. The maximum Gasteiger partial charge on any atom is 0.0485 e. The molecule has 0 spiro atoms. The van der Waals surface area contributed by atoms with Gasteiger partial charge in [0.05, 0.1) is 0 Å². The Balaban J connectivity index is 1.79. The highest BCUT2D eigenvalue weighted by molar-refractivity contribution is 9.10. The molecule has 0 fully saturated rings. The summed E-state index contributed by atoms with van der Waals surface area (Å²) in [6.45, 7) is 0.953. The highest BCUT2D eigenvalue weighted by Gasteiger charge is 1.99. The van der Waals surface area contributed by atoms with Gasteiger partial charge in [0.2, 0.25) is 0 Å². The zero-order valence-corrected chi connectivity index (χ0v) is 12.3.